The lowest BCUT2D eigenvalue weighted by atomic mass is 10.8. The monoisotopic (exact) mass is 114 g/mol. The van der Waals surface area contributed by atoms with Gasteiger partial charge < -0.3 is 0 Å². The Bertz CT molecular complexity index is 86.0. The first kappa shape index (κ1) is 7.20. The highest BCUT2D eigenvalue weighted by Crippen LogP contribution is 1.76. The zero-order chi connectivity index (χ0) is 6.24. The third kappa shape index (κ3) is 5.20. The van der Waals surface area contributed by atoms with E-state index >= 15 is 0 Å². The van der Waals surface area contributed by atoms with Crippen LogP contribution in [0.2, 0.25) is 0 Å². The predicted molar refractivity (Wildman–Crippen MR) is 31.0 cm³/mol. The average molecular weight is 114 g/mol. The molecule has 0 unspecified atom stereocenters. The maximum atomic E-state index is 3.68. The summed E-state index contributed by atoms with van der Waals surface area (Å²) in [5.74, 6) is 0. The largest absolute Gasteiger partial charge is 0.196 e. The van der Waals surface area contributed by atoms with Gasteiger partial charge in [-0.15, -0.1) is 0 Å². The van der Waals surface area contributed by atoms with E-state index in [2.05, 4.69) is 20.5 Å². The standard InChI is InChI=1S/C4H10N4/c1-3-6-8-4-7-5-2/h3-4H2,1-2H3. The molecule has 0 spiro atoms. The summed E-state index contributed by atoms with van der Waals surface area (Å²) in [6.45, 7) is 3.01. The molecule has 0 saturated carbocycles. The van der Waals surface area contributed by atoms with Gasteiger partial charge in [0.05, 0.1) is 6.54 Å². The van der Waals surface area contributed by atoms with Gasteiger partial charge in [0, 0.05) is 7.05 Å². The average Bonchev–Trinajstić information content (AvgIpc) is 1.81. The van der Waals surface area contributed by atoms with Crippen LogP contribution >= 0.6 is 0 Å². The molecule has 0 aromatic carbocycles. The Balaban J connectivity index is 3.03. The maximum absolute atomic E-state index is 3.68. The number of hydrogen-bond donors (Lipinski definition) is 0. The van der Waals surface area contributed by atoms with Gasteiger partial charge in [0.1, 0.15) is 0 Å². The highest BCUT2D eigenvalue weighted by Gasteiger charge is 1.67. The molecule has 0 amide bonds. The van der Waals surface area contributed by atoms with Gasteiger partial charge in [-0.2, -0.15) is 20.5 Å². The van der Waals surface area contributed by atoms with Crippen molar-refractivity contribution in [3.63, 3.8) is 0 Å². The zero-order valence-corrected chi connectivity index (χ0v) is 5.20. The third-order valence-electron chi connectivity index (χ3n) is 0.509. The lowest BCUT2D eigenvalue weighted by Gasteiger charge is -1.77. The molecule has 0 aliphatic rings. The minimum absolute atomic E-state index is 0.365. The first-order chi connectivity index (χ1) is 3.91. The summed E-state index contributed by atoms with van der Waals surface area (Å²) < 4.78 is 0. The van der Waals surface area contributed by atoms with E-state index in [4.69, 9.17) is 0 Å². The molecular formula is C4H10N4. The van der Waals surface area contributed by atoms with E-state index in [1.54, 1.807) is 7.05 Å². The van der Waals surface area contributed by atoms with Crippen molar-refractivity contribution in [3.8, 4) is 0 Å². The summed E-state index contributed by atoms with van der Waals surface area (Å²) in [5, 5.41) is 14.4. The SMILES string of the molecule is CCN=NCN=NC. The Morgan fingerprint density at radius 3 is 2.38 bits per heavy atom. The number of azo groups is 2. The van der Waals surface area contributed by atoms with Crippen LogP contribution in [0.1, 0.15) is 6.92 Å². The number of nitrogens with zero attached hydrogens (tertiary/aromatic N) is 4. The van der Waals surface area contributed by atoms with Crippen LogP contribution in [0.25, 0.3) is 0 Å². The second kappa shape index (κ2) is 6.20. The van der Waals surface area contributed by atoms with Crippen LogP contribution in [-0.2, 0) is 0 Å². The molecule has 0 rings (SSSR count). The van der Waals surface area contributed by atoms with Gasteiger partial charge in [-0.25, -0.2) is 0 Å². The van der Waals surface area contributed by atoms with Gasteiger partial charge in [-0.3, -0.25) is 0 Å². The minimum Gasteiger partial charge on any atom is -0.196 e. The summed E-state index contributed by atoms with van der Waals surface area (Å²) in [6, 6.07) is 0. The van der Waals surface area contributed by atoms with Crippen molar-refractivity contribution in [2.45, 2.75) is 6.92 Å². The Kier molecular flexibility index (Phi) is 5.58. The van der Waals surface area contributed by atoms with Crippen molar-refractivity contribution in [2.75, 3.05) is 20.3 Å². The predicted octanol–water partition coefficient (Wildman–Crippen LogP) is 1.50. The summed E-state index contributed by atoms with van der Waals surface area (Å²) >= 11 is 0. The second-order valence-corrected chi connectivity index (χ2v) is 1.08. The van der Waals surface area contributed by atoms with Crippen LogP contribution in [0.5, 0.6) is 0 Å². The Hall–Kier alpha value is -0.800. The summed E-state index contributed by atoms with van der Waals surface area (Å²) in [4.78, 5) is 0. The smallest absolute Gasteiger partial charge is 0.170 e. The van der Waals surface area contributed by atoms with Gasteiger partial charge in [-0.05, 0) is 6.92 Å². The maximum Gasteiger partial charge on any atom is 0.170 e. The fourth-order valence-corrected chi connectivity index (χ4v) is 0.236. The van der Waals surface area contributed by atoms with Gasteiger partial charge in [-0.1, -0.05) is 0 Å². The molecule has 0 saturated heterocycles. The van der Waals surface area contributed by atoms with Gasteiger partial charge in [0.25, 0.3) is 0 Å². The second-order valence-electron chi connectivity index (χ2n) is 1.08. The topological polar surface area (TPSA) is 49.4 Å². The molecule has 4 heteroatoms. The third-order valence-corrected chi connectivity index (χ3v) is 0.509. The molecule has 8 heavy (non-hydrogen) atoms. The molecule has 46 valence electrons. The van der Waals surface area contributed by atoms with Gasteiger partial charge >= 0.3 is 0 Å². The first-order valence-electron chi connectivity index (χ1n) is 2.50. The molecule has 4 nitrogen and oxygen atoms in total. The van der Waals surface area contributed by atoms with E-state index in [0.717, 1.165) is 6.54 Å². The van der Waals surface area contributed by atoms with Gasteiger partial charge in [0.15, 0.2) is 6.67 Å². The van der Waals surface area contributed by atoms with Crippen molar-refractivity contribution in [1.29, 1.82) is 0 Å². The van der Waals surface area contributed by atoms with Crippen LogP contribution in [0.15, 0.2) is 20.5 Å². The van der Waals surface area contributed by atoms with Crippen molar-refractivity contribution >= 4 is 0 Å². The zero-order valence-electron chi connectivity index (χ0n) is 5.20. The van der Waals surface area contributed by atoms with E-state index in [1.807, 2.05) is 6.92 Å². The summed E-state index contributed by atoms with van der Waals surface area (Å²) in [5.41, 5.74) is 0. The van der Waals surface area contributed by atoms with E-state index in [9.17, 15) is 0 Å². The number of rotatable bonds is 3. The molecule has 0 fully saturated rings. The van der Waals surface area contributed by atoms with Crippen molar-refractivity contribution in [1.82, 2.24) is 0 Å². The minimum atomic E-state index is 0.365. The van der Waals surface area contributed by atoms with Crippen LogP contribution in [0.3, 0.4) is 0 Å². The van der Waals surface area contributed by atoms with Crippen molar-refractivity contribution < 1.29 is 0 Å². The Labute approximate surface area is 48.7 Å². The fourth-order valence-electron chi connectivity index (χ4n) is 0.236. The molecule has 0 heterocycles. The molecule has 0 aliphatic carbocycles. The molecule has 0 radical (unpaired) electrons. The number of hydrogen-bond acceptors (Lipinski definition) is 4. The van der Waals surface area contributed by atoms with E-state index in [-0.39, 0.29) is 0 Å². The molecule has 0 bridgehead atoms. The molecule has 0 aromatic rings. The Morgan fingerprint density at radius 1 is 1.12 bits per heavy atom. The lowest BCUT2D eigenvalue weighted by molar-refractivity contribution is 0.841. The van der Waals surface area contributed by atoms with Crippen LogP contribution in [-0.4, -0.2) is 20.3 Å². The van der Waals surface area contributed by atoms with Crippen LogP contribution < -0.4 is 0 Å². The normalized spacial score (nSPS) is 11.8. The lowest BCUT2D eigenvalue weighted by Crippen LogP contribution is -1.69. The fraction of sp³-hybridized carbons (Fsp3) is 1.00. The molecule has 0 aromatic heterocycles. The van der Waals surface area contributed by atoms with E-state index in [1.165, 1.54) is 0 Å². The van der Waals surface area contributed by atoms with E-state index in [0.29, 0.717) is 6.67 Å². The quantitative estimate of drug-likeness (QED) is 0.499. The van der Waals surface area contributed by atoms with Crippen molar-refractivity contribution in [2.24, 2.45) is 20.5 Å². The van der Waals surface area contributed by atoms with E-state index < -0.39 is 0 Å². The van der Waals surface area contributed by atoms with Gasteiger partial charge in [0.2, 0.25) is 0 Å². The summed E-state index contributed by atoms with van der Waals surface area (Å²) in [6.07, 6.45) is 0. The summed E-state index contributed by atoms with van der Waals surface area (Å²) in [7, 11) is 1.61. The van der Waals surface area contributed by atoms with Crippen LogP contribution in [0.4, 0.5) is 0 Å². The first-order valence-corrected chi connectivity index (χ1v) is 2.50. The highest BCUT2D eigenvalue weighted by atomic mass is 15.2. The molecular weight excluding hydrogens is 104 g/mol. The van der Waals surface area contributed by atoms with Crippen LogP contribution in [0, 0.1) is 0 Å². The highest BCUT2D eigenvalue weighted by molar-refractivity contribution is 4.28. The molecule has 0 aliphatic heterocycles. The molecule has 0 N–H and O–H groups in total. The Morgan fingerprint density at radius 2 is 1.88 bits per heavy atom. The van der Waals surface area contributed by atoms with Crippen molar-refractivity contribution in [3.05, 3.63) is 0 Å². The molecule has 0 atom stereocenters.